The topological polar surface area (TPSA) is 82.8 Å². The molecule has 0 unspecified atom stereocenters. The summed E-state index contributed by atoms with van der Waals surface area (Å²) < 4.78 is 15.5. The van der Waals surface area contributed by atoms with Gasteiger partial charge in [-0.3, -0.25) is 0 Å². The molecule has 5 aromatic heterocycles. The minimum absolute atomic E-state index is 0.508. The number of para-hydroxylation sites is 3. The third-order valence-electron chi connectivity index (χ3n) is 11.7. The number of fused-ring (bicyclic) bond motifs is 12. The van der Waals surface area contributed by atoms with Gasteiger partial charge < -0.3 is 13.4 Å². The van der Waals surface area contributed by atoms with Gasteiger partial charge in [0.05, 0.1) is 22.1 Å². The lowest BCUT2D eigenvalue weighted by atomic mass is 10.1. The van der Waals surface area contributed by atoms with E-state index in [1.165, 1.54) is 21.5 Å². The molecule has 0 saturated carbocycles. The Balaban J connectivity index is 1.06. The molecule has 0 saturated heterocycles. The Hall–Kier alpha value is -8.16. The fraction of sp³-hybridized carbons (Fsp3) is 0. The van der Waals surface area contributed by atoms with Gasteiger partial charge in [0.25, 0.3) is 0 Å². The molecule has 13 rings (SSSR count). The smallest absolute Gasteiger partial charge is 0.228 e. The fourth-order valence-electron chi connectivity index (χ4n) is 9.00. The standard InChI is InChI=1S/C52H29N5O2/c1-2-12-32-28-33(21-20-30(32)10-1)49-54-50(34-23-24-38-37-15-6-8-19-44(37)58-45(38)29-34)56-51(55-49)41-26-27-53-52-46(41)40-16-9-18-43(48(40)59-52)57-42-17-7-5-14-36(42)39-25-22-31-11-3-4-13-35(31)47(39)57/h1-29H. The Labute approximate surface area is 335 Å². The van der Waals surface area contributed by atoms with Gasteiger partial charge in [-0.2, -0.15) is 0 Å². The summed E-state index contributed by atoms with van der Waals surface area (Å²) in [4.78, 5) is 20.3. The van der Waals surface area contributed by atoms with Gasteiger partial charge in [-0.25, -0.2) is 19.9 Å². The van der Waals surface area contributed by atoms with Crippen LogP contribution in [0, 0.1) is 0 Å². The van der Waals surface area contributed by atoms with E-state index in [4.69, 9.17) is 28.8 Å². The van der Waals surface area contributed by atoms with Crippen LogP contribution in [0.4, 0.5) is 0 Å². The Morgan fingerprint density at radius 1 is 0.424 bits per heavy atom. The molecule has 7 nitrogen and oxygen atoms in total. The Bertz CT molecular complexity index is 3870. The molecule has 59 heavy (non-hydrogen) atoms. The first-order valence-corrected chi connectivity index (χ1v) is 19.6. The predicted octanol–water partition coefficient (Wildman–Crippen LogP) is 13.5. The van der Waals surface area contributed by atoms with E-state index in [1.54, 1.807) is 6.20 Å². The maximum absolute atomic E-state index is 6.82. The second-order valence-corrected chi connectivity index (χ2v) is 15.0. The van der Waals surface area contributed by atoms with Crippen LogP contribution in [0.1, 0.15) is 0 Å². The second-order valence-electron chi connectivity index (χ2n) is 15.0. The Morgan fingerprint density at radius 2 is 1.08 bits per heavy atom. The van der Waals surface area contributed by atoms with Gasteiger partial charge >= 0.3 is 0 Å². The molecule has 13 aromatic rings. The van der Waals surface area contributed by atoms with Crippen LogP contribution in [0.2, 0.25) is 0 Å². The van der Waals surface area contributed by atoms with Crippen molar-refractivity contribution in [3.8, 4) is 39.9 Å². The normalized spacial score (nSPS) is 12.1. The number of furan rings is 2. The third-order valence-corrected chi connectivity index (χ3v) is 11.7. The zero-order valence-corrected chi connectivity index (χ0v) is 31.3. The molecule has 0 atom stereocenters. The van der Waals surface area contributed by atoms with Crippen LogP contribution in [-0.2, 0) is 0 Å². The lowest BCUT2D eigenvalue weighted by Crippen LogP contribution is -2.00. The first-order chi connectivity index (χ1) is 29.2. The van der Waals surface area contributed by atoms with Crippen LogP contribution in [0.15, 0.2) is 185 Å². The van der Waals surface area contributed by atoms with Crippen molar-refractivity contribution >= 4 is 87.4 Å². The van der Waals surface area contributed by atoms with Gasteiger partial charge in [0.15, 0.2) is 23.1 Å². The molecule has 0 radical (unpaired) electrons. The fourth-order valence-corrected chi connectivity index (χ4v) is 9.00. The van der Waals surface area contributed by atoms with Crippen molar-refractivity contribution < 1.29 is 8.83 Å². The van der Waals surface area contributed by atoms with Crippen molar-refractivity contribution in [2.45, 2.75) is 0 Å². The minimum Gasteiger partial charge on any atom is -0.456 e. The number of rotatable bonds is 4. The van der Waals surface area contributed by atoms with E-state index in [2.05, 4.69) is 132 Å². The maximum atomic E-state index is 6.82. The zero-order valence-electron chi connectivity index (χ0n) is 31.3. The molecule has 0 aliphatic rings. The van der Waals surface area contributed by atoms with Gasteiger partial charge in [-0.15, -0.1) is 0 Å². The largest absolute Gasteiger partial charge is 0.456 e. The first kappa shape index (κ1) is 32.0. The number of aromatic nitrogens is 5. The van der Waals surface area contributed by atoms with Gasteiger partial charge in [0.2, 0.25) is 5.71 Å². The van der Waals surface area contributed by atoms with Crippen LogP contribution in [-0.4, -0.2) is 24.5 Å². The highest BCUT2D eigenvalue weighted by Gasteiger charge is 2.23. The van der Waals surface area contributed by atoms with Crippen molar-refractivity contribution in [2.75, 3.05) is 0 Å². The Kier molecular flexibility index (Phi) is 6.60. The van der Waals surface area contributed by atoms with E-state index in [0.717, 1.165) is 82.5 Å². The molecular formula is C52H29N5O2. The van der Waals surface area contributed by atoms with E-state index >= 15 is 0 Å². The highest BCUT2D eigenvalue weighted by Crippen LogP contribution is 2.42. The molecule has 0 amide bonds. The maximum Gasteiger partial charge on any atom is 0.228 e. The van der Waals surface area contributed by atoms with Crippen molar-refractivity contribution in [3.63, 3.8) is 0 Å². The Morgan fingerprint density at radius 3 is 1.98 bits per heavy atom. The lowest BCUT2D eigenvalue weighted by molar-refractivity contribution is 0.652. The van der Waals surface area contributed by atoms with E-state index in [1.807, 2.05) is 42.5 Å². The summed E-state index contributed by atoms with van der Waals surface area (Å²) in [6.07, 6.45) is 1.77. The average Bonchev–Trinajstić information content (AvgIpc) is 3.98. The predicted molar refractivity (Wildman–Crippen MR) is 238 cm³/mol. The molecule has 0 aliphatic carbocycles. The number of nitrogens with zero attached hydrogens (tertiary/aromatic N) is 5. The van der Waals surface area contributed by atoms with Crippen LogP contribution >= 0.6 is 0 Å². The lowest BCUT2D eigenvalue weighted by Gasteiger charge is -2.11. The number of hydrogen-bond acceptors (Lipinski definition) is 6. The van der Waals surface area contributed by atoms with Crippen molar-refractivity contribution in [1.82, 2.24) is 24.5 Å². The van der Waals surface area contributed by atoms with Crippen LogP contribution in [0.3, 0.4) is 0 Å². The molecule has 0 aliphatic heterocycles. The van der Waals surface area contributed by atoms with E-state index in [9.17, 15) is 0 Å². The number of hydrogen-bond donors (Lipinski definition) is 0. The molecule has 0 N–H and O–H groups in total. The molecule has 0 spiro atoms. The second kappa shape index (κ2) is 12.2. The van der Waals surface area contributed by atoms with Gasteiger partial charge in [-0.05, 0) is 58.6 Å². The minimum atomic E-state index is 0.508. The van der Waals surface area contributed by atoms with Gasteiger partial charge in [0, 0.05) is 55.2 Å². The molecule has 5 heterocycles. The monoisotopic (exact) mass is 755 g/mol. The van der Waals surface area contributed by atoms with Crippen molar-refractivity contribution in [2.24, 2.45) is 0 Å². The summed E-state index contributed by atoms with van der Waals surface area (Å²) in [6.45, 7) is 0. The molecule has 274 valence electrons. The molecule has 0 fully saturated rings. The summed E-state index contributed by atoms with van der Waals surface area (Å²) in [5.74, 6) is 1.62. The summed E-state index contributed by atoms with van der Waals surface area (Å²) in [7, 11) is 0. The molecule has 7 heteroatoms. The van der Waals surface area contributed by atoms with E-state index in [-0.39, 0.29) is 0 Å². The number of benzene rings is 8. The van der Waals surface area contributed by atoms with Gasteiger partial charge in [-0.1, -0.05) is 127 Å². The van der Waals surface area contributed by atoms with E-state index in [0.29, 0.717) is 23.2 Å². The molecule has 0 bridgehead atoms. The van der Waals surface area contributed by atoms with Gasteiger partial charge in [0.1, 0.15) is 11.2 Å². The quantitative estimate of drug-likeness (QED) is 0.178. The summed E-state index contributed by atoms with van der Waals surface area (Å²) in [5.41, 5.74) is 8.54. The van der Waals surface area contributed by atoms with Crippen LogP contribution in [0.5, 0.6) is 0 Å². The number of pyridine rings is 1. The zero-order chi connectivity index (χ0) is 38.6. The summed E-state index contributed by atoms with van der Waals surface area (Å²) in [6, 6.07) is 58.8. The molecule has 8 aromatic carbocycles. The van der Waals surface area contributed by atoms with Crippen molar-refractivity contribution in [3.05, 3.63) is 176 Å². The summed E-state index contributed by atoms with van der Waals surface area (Å²) in [5, 5.41) is 10.8. The van der Waals surface area contributed by atoms with Crippen LogP contribution < -0.4 is 0 Å². The first-order valence-electron chi connectivity index (χ1n) is 19.6. The summed E-state index contributed by atoms with van der Waals surface area (Å²) >= 11 is 0. The average molecular weight is 756 g/mol. The third kappa shape index (κ3) is 4.76. The van der Waals surface area contributed by atoms with Crippen molar-refractivity contribution in [1.29, 1.82) is 0 Å². The van der Waals surface area contributed by atoms with E-state index < -0.39 is 0 Å². The van der Waals surface area contributed by atoms with Crippen LogP contribution in [0.25, 0.3) is 127 Å². The molecular weight excluding hydrogens is 727 g/mol. The SMILES string of the molecule is c1ccc2cc(-c3nc(-c4ccc5c(c4)oc4ccccc45)nc(-c4ccnc5oc6c(-n7c8ccccc8c8ccc9ccccc9c87)cccc6c45)n3)ccc2c1. The highest BCUT2D eigenvalue weighted by molar-refractivity contribution is 6.20. The highest BCUT2D eigenvalue weighted by atomic mass is 16.3.